The van der Waals surface area contributed by atoms with Crippen LogP contribution in [0.4, 0.5) is 0 Å². The Morgan fingerprint density at radius 3 is 1.50 bits per heavy atom. The van der Waals surface area contributed by atoms with Gasteiger partial charge in [-0.15, -0.1) is 0 Å². The Morgan fingerprint density at radius 2 is 1.02 bits per heavy atom. The van der Waals surface area contributed by atoms with Crippen molar-refractivity contribution in [3.8, 4) is 0 Å². The Bertz CT molecular complexity index is 1830. The van der Waals surface area contributed by atoms with Crippen LogP contribution in [0.3, 0.4) is 0 Å². The molecule has 1 saturated carbocycles. The molecule has 2 saturated heterocycles. The molecule has 4 aromatic carbocycles. The maximum absolute atomic E-state index is 9.79. The van der Waals surface area contributed by atoms with Gasteiger partial charge in [0.05, 0.1) is 45.2 Å². The minimum Gasteiger partial charge on any atom is -0.374 e. The molecule has 11 heteroatoms. The highest BCUT2D eigenvalue weighted by molar-refractivity contribution is 5.17. The quantitative estimate of drug-likeness (QED) is 0.0632. The third kappa shape index (κ3) is 9.87. The van der Waals surface area contributed by atoms with Crippen LogP contribution in [0, 0.1) is 11.8 Å². The molecule has 296 valence electrons. The molecule has 0 radical (unpaired) electrons. The SMILES string of the molecule is CC1C(COCc2ccccc2)OC(OC2C(OCc3ccccc3)C(OCc3ccccc3)C(OCc3ccccc3)[C@@H]3OC(C)(C)O[C@@H]23)C(N=[N+]=[N-])C1C. The predicted octanol–water partition coefficient (Wildman–Crippen LogP) is 8.55. The molecule has 7 rings (SSSR count). The van der Waals surface area contributed by atoms with Crippen LogP contribution in [-0.4, -0.2) is 67.5 Å². The number of hydrogen-bond acceptors (Lipinski definition) is 9. The molecule has 0 N–H and O–H groups in total. The van der Waals surface area contributed by atoms with Gasteiger partial charge in [-0.1, -0.05) is 140 Å². The first-order valence-electron chi connectivity index (χ1n) is 19.6. The fourth-order valence-corrected chi connectivity index (χ4v) is 7.92. The first kappa shape index (κ1) is 40.1. The summed E-state index contributed by atoms with van der Waals surface area (Å²) in [6.07, 6.45) is -5.32. The minimum atomic E-state index is -0.975. The van der Waals surface area contributed by atoms with Gasteiger partial charge in [-0.3, -0.25) is 0 Å². The highest BCUT2D eigenvalue weighted by atomic mass is 16.8. The van der Waals surface area contributed by atoms with Gasteiger partial charge < -0.3 is 37.9 Å². The van der Waals surface area contributed by atoms with E-state index in [4.69, 9.17) is 37.9 Å². The van der Waals surface area contributed by atoms with Gasteiger partial charge in [0.1, 0.15) is 36.6 Å². The van der Waals surface area contributed by atoms with Crippen LogP contribution >= 0.6 is 0 Å². The van der Waals surface area contributed by atoms with Crippen molar-refractivity contribution >= 4 is 0 Å². The zero-order valence-electron chi connectivity index (χ0n) is 32.5. The number of nitrogens with zero attached hydrogens (tertiary/aromatic N) is 3. The summed E-state index contributed by atoms with van der Waals surface area (Å²) in [6.45, 7) is 9.62. The van der Waals surface area contributed by atoms with E-state index < -0.39 is 54.7 Å². The second kappa shape index (κ2) is 18.9. The fourth-order valence-electron chi connectivity index (χ4n) is 7.92. The highest BCUT2D eigenvalue weighted by Gasteiger charge is 2.61. The van der Waals surface area contributed by atoms with E-state index in [9.17, 15) is 5.53 Å². The van der Waals surface area contributed by atoms with Gasteiger partial charge >= 0.3 is 0 Å². The van der Waals surface area contributed by atoms with E-state index in [-0.39, 0.29) is 24.5 Å². The van der Waals surface area contributed by atoms with E-state index in [2.05, 4.69) is 23.9 Å². The van der Waals surface area contributed by atoms with Crippen LogP contribution in [0.15, 0.2) is 126 Å². The molecule has 0 aromatic heterocycles. The molecular weight excluding hydrogens is 711 g/mol. The lowest BCUT2D eigenvalue weighted by Crippen LogP contribution is -2.66. The summed E-state index contributed by atoms with van der Waals surface area (Å²) in [7, 11) is 0. The van der Waals surface area contributed by atoms with Gasteiger partial charge in [0, 0.05) is 4.91 Å². The van der Waals surface area contributed by atoms with Crippen molar-refractivity contribution < 1.29 is 37.9 Å². The number of hydrogen-bond donors (Lipinski definition) is 0. The van der Waals surface area contributed by atoms with Crippen molar-refractivity contribution in [1.82, 2.24) is 0 Å². The van der Waals surface area contributed by atoms with Crippen molar-refractivity contribution in [2.45, 2.75) is 115 Å². The molecule has 2 aliphatic heterocycles. The topological polar surface area (TPSA) is 123 Å². The summed E-state index contributed by atoms with van der Waals surface area (Å²) in [6, 6.07) is 39.4. The second-order valence-electron chi connectivity index (χ2n) is 15.4. The molecule has 2 heterocycles. The summed E-state index contributed by atoms with van der Waals surface area (Å²) < 4.78 is 54.1. The zero-order valence-corrected chi connectivity index (χ0v) is 32.5. The van der Waals surface area contributed by atoms with Crippen LogP contribution in [0.2, 0.25) is 0 Å². The molecule has 0 bridgehead atoms. The van der Waals surface area contributed by atoms with Crippen molar-refractivity contribution in [3.05, 3.63) is 154 Å². The van der Waals surface area contributed by atoms with Gasteiger partial charge in [-0.2, -0.15) is 0 Å². The van der Waals surface area contributed by atoms with Gasteiger partial charge in [0.15, 0.2) is 12.1 Å². The average Bonchev–Trinajstić information content (AvgIpc) is 3.55. The van der Waals surface area contributed by atoms with Crippen molar-refractivity contribution in [2.75, 3.05) is 6.61 Å². The van der Waals surface area contributed by atoms with Crippen molar-refractivity contribution in [3.63, 3.8) is 0 Å². The van der Waals surface area contributed by atoms with Crippen molar-refractivity contribution in [2.24, 2.45) is 17.0 Å². The van der Waals surface area contributed by atoms with Gasteiger partial charge in [0.25, 0.3) is 0 Å². The maximum Gasteiger partial charge on any atom is 0.167 e. The largest absolute Gasteiger partial charge is 0.374 e. The van der Waals surface area contributed by atoms with E-state index in [1.165, 1.54) is 0 Å². The Kier molecular flexibility index (Phi) is 13.5. The van der Waals surface area contributed by atoms with Crippen LogP contribution in [0.1, 0.15) is 49.9 Å². The third-order valence-electron chi connectivity index (χ3n) is 11.1. The normalized spacial score (nSPS) is 31.0. The average molecular weight is 764 g/mol. The lowest BCUT2D eigenvalue weighted by atomic mass is 9.81. The molecular formula is C45H53N3O8. The summed E-state index contributed by atoms with van der Waals surface area (Å²) >= 11 is 0. The lowest BCUT2D eigenvalue weighted by Gasteiger charge is -2.49. The lowest BCUT2D eigenvalue weighted by molar-refractivity contribution is -0.310. The third-order valence-corrected chi connectivity index (χ3v) is 11.1. The summed E-state index contributed by atoms with van der Waals surface area (Å²) in [4.78, 5) is 3.24. The molecule has 0 spiro atoms. The highest BCUT2D eigenvalue weighted by Crippen LogP contribution is 2.44. The molecule has 3 fully saturated rings. The number of rotatable bonds is 16. The molecule has 9 unspecified atom stereocenters. The molecule has 1 aliphatic carbocycles. The smallest absolute Gasteiger partial charge is 0.167 e. The number of azide groups is 1. The zero-order chi connectivity index (χ0) is 38.9. The molecule has 11 atom stereocenters. The van der Waals surface area contributed by atoms with Crippen LogP contribution in [-0.2, 0) is 64.3 Å². The van der Waals surface area contributed by atoms with Gasteiger partial charge in [-0.25, -0.2) is 0 Å². The van der Waals surface area contributed by atoms with Gasteiger partial charge in [-0.05, 0) is 53.5 Å². The summed E-state index contributed by atoms with van der Waals surface area (Å²) in [5.41, 5.74) is 13.9. The number of ether oxygens (including phenoxy) is 8. The van der Waals surface area contributed by atoms with E-state index in [1.807, 2.05) is 135 Å². The summed E-state index contributed by atoms with van der Waals surface area (Å²) in [5.74, 6) is -1.06. The Morgan fingerprint density at radius 1 is 0.589 bits per heavy atom. The predicted molar refractivity (Wildman–Crippen MR) is 210 cm³/mol. The Balaban J connectivity index is 1.23. The maximum atomic E-state index is 9.79. The van der Waals surface area contributed by atoms with Crippen LogP contribution in [0.25, 0.3) is 10.4 Å². The molecule has 4 aromatic rings. The summed E-state index contributed by atoms with van der Waals surface area (Å²) in [5, 5.41) is 4.25. The second-order valence-corrected chi connectivity index (χ2v) is 15.4. The Labute approximate surface area is 329 Å². The van der Waals surface area contributed by atoms with Gasteiger partial charge in [0.2, 0.25) is 0 Å². The first-order chi connectivity index (χ1) is 27.3. The van der Waals surface area contributed by atoms with E-state index in [1.54, 1.807) is 0 Å². The number of benzene rings is 4. The fraction of sp³-hybridized carbons (Fsp3) is 0.467. The standard InChI is InChI=1S/C45H53N3O8/c1-30-31(2)37(47-48-46)44(53-36(30)29-49-25-32-17-9-5-10-18-32)54-41-39(51-27-34-21-13-7-14-22-34)38(50-26-33-19-11-6-12-20-33)40(42-43(41)56-45(3,4)55-42)52-28-35-23-15-8-16-24-35/h5-24,30-31,36-44H,25-29H2,1-4H3/t30?,31?,36?,37?,38?,39?,40?,41?,42-,43-,44?/m0/s1. The van der Waals surface area contributed by atoms with E-state index >= 15 is 0 Å². The van der Waals surface area contributed by atoms with Crippen molar-refractivity contribution in [1.29, 1.82) is 0 Å². The van der Waals surface area contributed by atoms with Crippen LogP contribution in [0.5, 0.6) is 0 Å². The monoisotopic (exact) mass is 763 g/mol. The van der Waals surface area contributed by atoms with E-state index in [0.29, 0.717) is 26.4 Å². The molecule has 0 amide bonds. The first-order valence-corrected chi connectivity index (χ1v) is 19.6. The molecule has 56 heavy (non-hydrogen) atoms. The van der Waals surface area contributed by atoms with Crippen LogP contribution < -0.4 is 0 Å². The number of fused-ring (bicyclic) bond motifs is 1. The Hall–Kier alpha value is -4.13. The van der Waals surface area contributed by atoms with E-state index in [0.717, 1.165) is 22.3 Å². The molecule has 11 nitrogen and oxygen atoms in total. The molecule has 3 aliphatic rings. The minimum absolute atomic E-state index is 0.00748.